The number of carbonyl (C=O) groups is 2. The first-order valence-electron chi connectivity index (χ1n) is 9.68. The molecule has 0 atom stereocenters. The summed E-state index contributed by atoms with van der Waals surface area (Å²) in [5.74, 6) is 0.356. The van der Waals surface area contributed by atoms with Crippen LogP contribution >= 0.6 is 12.2 Å². The minimum Gasteiger partial charge on any atom is -0.494 e. The van der Waals surface area contributed by atoms with Crippen molar-refractivity contribution in [3.8, 4) is 5.75 Å². The van der Waals surface area contributed by atoms with E-state index in [1.54, 1.807) is 37.3 Å². The largest absolute Gasteiger partial charge is 0.494 e. The van der Waals surface area contributed by atoms with E-state index in [1.165, 1.54) is 0 Å². The van der Waals surface area contributed by atoms with Crippen molar-refractivity contribution >= 4 is 40.5 Å². The Morgan fingerprint density at radius 1 is 1.03 bits per heavy atom. The highest BCUT2D eigenvalue weighted by molar-refractivity contribution is 7.80. The van der Waals surface area contributed by atoms with E-state index in [0.717, 1.165) is 24.2 Å². The third kappa shape index (κ3) is 7.19. The molecule has 0 heterocycles. The van der Waals surface area contributed by atoms with Gasteiger partial charge in [0, 0.05) is 23.4 Å². The molecule has 2 amide bonds. The van der Waals surface area contributed by atoms with Gasteiger partial charge in [0.2, 0.25) is 5.91 Å². The molecule has 0 aliphatic carbocycles. The van der Waals surface area contributed by atoms with Gasteiger partial charge >= 0.3 is 0 Å². The van der Waals surface area contributed by atoms with Crippen molar-refractivity contribution in [2.24, 2.45) is 0 Å². The zero-order chi connectivity index (χ0) is 21.2. The monoisotopic (exact) mass is 413 g/mol. The number of unbranched alkanes of at least 4 members (excludes halogenated alkanes) is 1. The van der Waals surface area contributed by atoms with E-state index in [1.807, 2.05) is 19.1 Å². The van der Waals surface area contributed by atoms with Crippen LogP contribution in [-0.2, 0) is 4.79 Å². The maximum Gasteiger partial charge on any atom is 0.257 e. The van der Waals surface area contributed by atoms with Crippen LogP contribution in [0.3, 0.4) is 0 Å². The molecular formula is C22H27N3O3S. The fraction of sp³-hybridized carbons (Fsp3) is 0.318. The lowest BCUT2D eigenvalue weighted by atomic mass is 10.1. The van der Waals surface area contributed by atoms with Gasteiger partial charge in [0.05, 0.1) is 6.61 Å². The van der Waals surface area contributed by atoms with Crippen LogP contribution in [0.15, 0.2) is 42.5 Å². The highest BCUT2D eigenvalue weighted by atomic mass is 32.1. The molecule has 0 fully saturated rings. The number of hydrogen-bond acceptors (Lipinski definition) is 4. The molecule has 0 spiro atoms. The van der Waals surface area contributed by atoms with Gasteiger partial charge in [-0.1, -0.05) is 26.3 Å². The van der Waals surface area contributed by atoms with Gasteiger partial charge in [-0.15, -0.1) is 0 Å². The first-order chi connectivity index (χ1) is 13.9. The van der Waals surface area contributed by atoms with Gasteiger partial charge in [-0.2, -0.15) is 0 Å². The van der Waals surface area contributed by atoms with Crippen molar-refractivity contribution in [3.63, 3.8) is 0 Å². The number of amides is 2. The van der Waals surface area contributed by atoms with Crippen LogP contribution in [0.4, 0.5) is 11.4 Å². The summed E-state index contributed by atoms with van der Waals surface area (Å²) < 4.78 is 5.60. The van der Waals surface area contributed by atoms with E-state index in [9.17, 15) is 9.59 Å². The first kappa shape index (κ1) is 22.4. The summed E-state index contributed by atoms with van der Waals surface area (Å²) >= 11 is 5.24. The Labute approximate surface area is 177 Å². The summed E-state index contributed by atoms with van der Waals surface area (Å²) in [6.45, 7) is 6.46. The van der Waals surface area contributed by atoms with E-state index < -0.39 is 0 Å². The van der Waals surface area contributed by atoms with Gasteiger partial charge in [-0.3, -0.25) is 14.9 Å². The number of ether oxygens (including phenoxy) is 1. The minimum atomic E-state index is -0.311. The molecule has 0 aliphatic rings. The smallest absolute Gasteiger partial charge is 0.257 e. The predicted octanol–water partition coefficient (Wildman–Crippen LogP) is 4.65. The lowest BCUT2D eigenvalue weighted by Gasteiger charge is -2.13. The Balaban J connectivity index is 1.94. The molecule has 2 rings (SSSR count). The molecule has 7 heteroatoms. The second kappa shape index (κ2) is 11.2. The van der Waals surface area contributed by atoms with Gasteiger partial charge in [-0.05, 0) is 67.5 Å². The van der Waals surface area contributed by atoms with Crippen molar-refractivity contribution in [2.75, 3.05) is 17.2 Å². The third-order valence-electron chi connectivity index (χ3n) is 4.20. The summed E-state index contributed by atoms with van der Waals surface area (Å²) in [7, 11) is 0. The summed E-state index contributed by atoms with van der Waals surface area (Å²) in [5, 5.41) is 8.64. The lowest BCUT2D eigenvalue weighted by molar-refractivity contribution is -0.115. The van der Waals surface area contributed by atoms with Crippen LogP contribution in [-0.4, -0.2) is 23.5 Å². The number of benzene rings is 2. The zero-order valence-corrected chi connectivity index (χ0v) is 17.8. The summed E-state index contributed by atoms with van der Waals surface area (Å²) in [6, 6.07) is 12.4. The molecule has 0 saturated carbocycles. The van der Waals surface area contributed by atoms with Gasteiger partial charge in [-0.25, -0.2) is 0 Å². The zero-order valence-electron chi connectivity index (χ0n) is 17.0. The molecule has 2 aromatic carbocycles. The molecule has 154 valence electrons. The number of thiocarbonyl (C=S) groups is 1. The van der Waals surface area contributed by atoms with E-state index in [4.69, 9.17) is 17.0 Å². The van der Waals surface area contributed by atoms with Crippen molar-refractivity contribution in [1.29, 1.82) is 0 Å². The number of carbonyl (C=O) groups excluding carboxylic acids is 2. The highest BCUT2D eigenvalue weighted by Gasteiger charge is 2.10. The van der Waals surface area contributed by atoms with Crippen molar-refractivity contribution in [2.45, 2.75) is 40.0 Å². The molecule has 3 N–H and O–H groups in total. The molecule has 0 aromatic heterocycles. The average Bonchev–Trinajstić information content (AvgIpc) is 2.71. The Morgan fingerprint density at radius 3 is 2.41 bits per heavy atom. The topological polar surface area (TPSA) is 79.5 Å². The fourth-order valence-corrected chi connectivity index (χ4v) is 2.66. The Morgan fingerprint density at radius 2 is 1.76 bits per heavy atom. The van der Waals surface area contributed by atoms with Crippen LogP contribution in [0.2, 0.25) is 0 Å². The summed E-state index contributed by atoms with van der Waals surface area (Å²) in [4.78, 5) is 24.0. The van der Waals surface area contributed by atoms with Crippen LogP contribution < -0.4 is 20.7 Å². The van der Waals surface area contributed by atoms with Crippen LogP contribution in [0.1, 0.15) is 49.0 Å². The predicted molar refractivity (Wildman–Crippen MR) is 121 cm³/mol. The fourth-order valence-electron chi connectivity index (χ4n) is 2.45. The van der Waals surface area contributed by atoms with Gasteiger partial charge < -0.3 is 15.4 Å². The number of anilines is 2. The molecule has 0 unspecified atom stereocenters. The van der Waals surface area contributed by atoms with Crippen LogP contribution in [0.25, 0.3) is 0 Å². The molecule has 0 saturated heterocycles. The molecule has 0 radical (unpaired) electrons. The summed E-state index contributed by atoms with van der Waals surface area (Å²) in [6.07, 6.45) is 2.46. The van der Waals surface area contributed by atoms with Crippen molar-refractivity contribution in [3.05, 3.63) is 53.6 Å². The summed E-state index contributed by atoms with van der Waals surface area (Å²) in [5.41, 5.74) is 2.80. The Kier molecular flexibility index (Phi) is 8.61. The second-order valence-corrected chi connectivity index (χ2v) is 6.97. The van der Waals surface area contributed by atoms with E-state index in [-0.39, 0.29) is 16.9 Å². The molecule has 0 bridgehead atoms. The number of aryl methyl sites for hydroxylation is 1. The maximum absolute atomic E-state index is 12.4. The van der Waals surface area contributed by atoms with Crippen molar-refractivity contribution in [1.82, 2.24) is 5.32 Å². The normalized spacial score (nSPS) is 10.2. The third-order valence-corrected chi connectivity index (χ3v) is 4.40. The van der Waals surface area contributed by atoms with Crippen LogP contribution in [0, 0.1) is 6.92 Å². The molecule has 29 heavy (non-hydrogen) atoms. The van der Waals surface area contributed by atoms with Gasteiger partial charge in [0.25, 0.3) is 5.91 Å². The number of rotatable bonds is 8. The Hall–Kier alpha value is -2.93. The highest BCUT2D eigenvalue weighted by Crippen LogP contribution is 2.20. The van der Waals surface area contributed by atoms with E-state index >= 15 is 0 Å². The van der Waals surface area contributed by atoms with E-state index in [0.29, 0.717) is 30.0 Å². The molecule has 2 aromatic rings. The van der Waals surface area contributed by atoms with Crippen LogP contribution in [0.5, 0.6) is 5.75 Å². The average molecular weight is 414 g/mol. The Bertz CT molecular complexity index is 866. The number of hydrogen-bond donors (Lipinski definition) is 3. The second-order valence-electron chi connectivity index (χ2n) is 6.57. The van der Waals surface area contributed by atoms with E-state index in [2.05, 4.69) is 22.9 Å². The van der Waals surface area contributed by atoms with Gasteiger partial charge in [0.1, 0.15) is 5.75 Å². The quantitative estimate of drug-likeness (QED) is 0.434. The van der Waals surface area contributed by atoms with Crippen molar-refractivity contribution < 1.29 is 14.3 Å². The van der Waals surface area contributed by atoms with Gasteiger partial charge in [0.15, 0.2) is 5.11 Å². The molecule has 6 nitrogen and oxygen atoms in total. The first-order valence-corrected chi connectivity index (χ1v) is 10.1. The maximum atomic E-state index is 12.4. The standard InChI is InChI=1S/C22H27N3O3S/c1-4-6-13-28-18-11-8-16(9-12-18)21(27)25-22(29)23-17-10-7-15(3)19(14-17)24-20(26)5-2/h7-12,14H,4-6,13H2,1-3H3,(H,24,26)(H2,23,25,27,29). The number of nitrogens with one attached hydrogen (secondary N) is 3. The SMILES string of the molecule is CCCCOc1ccc(C(=O)NC(=S)Nc2ccc(C)c(NC(=O)CC)c2)cc1. The minimum absolute atomic E-state index is 0.0664. The lowest BCUT2D eigenvalue weighted by Crippen LogP contribution is -2.34. The molecular weight excluding hydrogens is 386 g/mol. The molecule has 0 aliphatic heterocycles.